The molecule has 0 N–H and O–H groups in total. The molecule has 0 aromatic carbocycles. The molecule has 0 radical (unpaired) electrons. The molecule has 3 aromatic heterocycles. The average Bonchev–Trinajstić information content (AvgIpc) is 3.36. The lowest BCUT2D eigenvalue weighted by Crippen LogP contribution is -2.23. The van der Waals surface area contributed by atoms with Crippen LogP contribution in [-0.2, 0) is 16.6 Å². The molecule has 0 aliphatic heterocycles. The molecular weight excluding hydrogens is 394 g/mol. The zero-order chi connectivity index (χ0) is 21.3. The van der Waals surface area contributed by atoms with E-state index in [4.69, 9.17) is 20.8 Å². The molecule has 3 aromatic rings. The first-order valence-corrected chi connectivity index (χ1v) is 9.17. The third kappa shape index (κ3) is 3.96. The lowest BCUT2D eigenvalue weighted by atomic mass is 9.97. The molecule has 0 bridgehead atoms. The van der Waals surface area contributed by atoms with Crippen LogP contribution in [0.25, 0.3) is 22.9 Å². The van der Waals surface area contributed by atoms with Crippen molar-refractivity contribution < 1.29 is 13.9 Å². The van der Waals surface area contributed by atoms with Gasteiger partial charge in [0.15, 0.2) is 17.2 Å². The minimum atomic E-state index is -0.796. The molecule has 3 rings (SSSR count). The summed E-state index contributed by atoms with van der Waals surface area (Å²) in [4.78, 5) is 12.6. The Kier molecular flexibility index (Phi) is 5.36. The molecular formula is C20H20ClN5O3. The van der Waals surface area contributed by atoms with Gasteiger partial charge < -0.3 is 9.15 Å². The number of carbonyl (C=O) groups is 1. The van der Waals surface area contributed by atoms with Gasteiger partial charge in [-0.25, -0.2) is 4.68 Å². The molecule has 9 heteroatoms. The number of nitrogens with zero attached hydrogens (tertiary/aromatic N) is 5. The quantitative estimate of drug-likeness (QED) is 0.359. The average molecular weight is 414 g/mol. The number of furan rings is 1. The van der Waals surface area contributed by atoms with Crippen LogP contribution in [0.15, 0.2) is 35.1 Å². The summed E-state index contributed by atoms with van der Waals surface area (Å²) in [7, 11) is 1.66. The maximum Gasteiger partial charge on any atom is 0.316 e. The Morgan fingerprint density at radius 3 is 2.55 bits per heavy atom. The number of nitriles is 1. The van der Waals surface area contributed by atoms with Gasteiger partial charge >= 0.3 is 5.97 Å². The lowest BCUT2D eigenvalue weighted by molar-refractivity contribution is -0.145. The molecule has 0 saturated heterocycles. The van der Waals surface area contributed by atoms with Gasteiger partial charge in [0.25, 0.3) is 0 Å². The van der Waals surface area contributed by atoms with E-state index < -0.39 is 11.4 Å². The molecule has 0 saturated carbocycles. The number of rotatable bonds is 4. The van der Waals surface area contributed by atoms with Crippen LogP contribution < -0.4 is 0 Å². The number of allylic oxidation sites excluding steroid dienone is 1. The third-order valence-electron chi connectivity index (χ3n) is 4.08. The van der Waals surface area contributed by atoms with Crippen molar-refractivity contribution in [3.05, 3.63) is 47.1 Å². The highest BCUT2D eigenvalue weighted by Crippen LogP contribution is 2.33. The standard InChI is InChI=1S/C20H20ClN5O3/c1-12-16(21)17(25(5)23-12)18(29-19(27)20(2,3)4)14(11-22)26-9-8-13(24-26)15-7-6-10-28-15/h6-10H,1-5H3. The first-order chi connectivity index (χ1) is 13.6. The number of halogens is 1. The number of aromatic nitrogens is 4. The Labute approximate surface area is 172 Å². The SMILES string of the molecule is Cc1nn(C)c(C(OC(=O)C(C)(C)C)=C(C#N)n2ccc(-c3ccco3)n2)c1Cl. The topological polar surface area (TPSA) is 98.9 Å². The summed E-state index contributed by atoms with van der Waals surface area (Å²) in [6, 6.07) is 7.25. The number of esters is 1. The van der Waals surface area contributed by atoms with Crippen molar-refractivity contribution in [1.29, 1.82) is 5.26 Å². The number of hydrogen-bond donors (Lipinski definition) is 0. The molecule has 0 aliphatic rings. The van der Waals surface area contributed by atoms with E-state index >= 15 is 0 Å². The minimum absolute atomic E-state index is 0.00898. The number of hydrogen-bond acceptors (Lipinski definition) is 6. The van der Waals surface area contributed by atoms with Crippen LogP contribution in [-0.4, -0.2) is 25.5 Å². The van der Waals surface area contributed by atoms with Crippen molar-refractivity contribution in [2.24, 2.45) is 12.5 Å². The predicted octanol–water partition coefficient (Wildman–Crippen LogP) is 4.28. The summed E-state index contributed by atoms with van der Waals surface area (Å²) in [5, 5.41) is 18.8. The maximum atomic E-state index is 12.6. The molecule has 0 spiro atoms. The molecule has 29 heavy (non-hydrogen) atoms. The maximum absolute atomic E-state index is 12.6. The largest absolute Gasteiger partial charge is 0.463 e. The minimum Gasteiger partial charge on any atom is -0.463 e. The highest BCUT2D eigenvalue weighted by Gasteiger charge is 2.30. The van der Waals surface area contributed by atoms with E-state index in [0.717, 1.165) is 0 Å². The zero-order valence-electron chi connectivity index (χ0n) is 16.7. The smallest absolute Gasteiger partial charge is 0.316 e. The van der Waals surface area contributed by atoms with E-state index in [-0.39, 0.29) is 16.5 Å². The Balaban J connectivity index is 2.20. The third-order valence-corrected chi connectivity index (χ3v) is 4.54. The molecule has 0 unspecified atom stereocenters. The van der Waals surface area contributed by atoms with Crippen molar-refractivity contribution in [3.63, 3.8) is 0 Å². The van der Waals surface area contributed by atoms with E-state index in [0.29, 0.717) is 22.8 Å². The van der Waals surface area contributed by atoms with Crippen LogP contribution in [0.5, 0.6) is 0 Å². The van der Waals surface area contributed by atoms with E-state index in [1.165, 1.54) is 15.6 Å². The molecule has 0 atom stereocenters. The van der Waals surface area contributed by atoms with Gasteiger partial charge in [-0.2, -0.15) is 15.5 Å². The molecule has 3 heterocycles. The van der Waals surface area contributed by atoms with Gasteiger partial charge in [-0.1, -0.05) is 11.6 Å². The van der Waals surface area contributed by atoms with Gasteiger partial charge in [0, 0.05) is 13.2 Å². The zero-order valence-corrected chi connectivity index (χ0v) is 17.5. The second-order valence-corrected chi connectivity index (χ2v) is 7.80. The molecule has 150 valence electrons. The van der Waals surface area contributed by atoms with E-state index in [2.05, 4.69) is 16.3 Å². The van der Waals surface area contributed by atoms with Crippen molar-refractivity contribution in [1.82, 2.24) is 19.6 Å². The number of carbonyl (C=O) groups excluding carboxylic acids is 1. The summed E-state index contributed by atoms with van der Waals surface area (Å²) in [6.45, 7) is 6.89. The summed E-state index contributed by atoms with van der Waals surface area (Å²) in [5.74, 6) is 0.00638. The first-order valence-electron chi connectivity index (χ1n) is 8.79. The number of aryl methyl sites for hydroxylation is 2. The van der Waals surface area contributed by atoms with Crippen LogP contribution in [0.1, 0.15) is 32.2 Å². The molecule has 0 fully saturated rings. The van der Waals surface area contributed by atoms with Crippen molar-refractivity contribution in [3.8, 4) is 17.5 Å². The van der Waals surface area contributed by atoms with Crippen molar-refractivity contribution in [2.75, 3.05) is 0 Å². The van der Waals surface area contributed by atoms with Crippen LogP contribution in [0.4, 0.5) is 0 Å². The normalized spacial score (nSPS) is 12.4. The fourth-order valence-electron chi connectivity index (χ4n) is 2.54. The van der Waals surface area contributed by atoms with Gasteiger partial charge in [-0.15, -0.1) is 0 Å². The molecule has 8 nitrogen and oxygen atoms in total. The summed E-state index contributed by atoms with van der Waals surface area (Å²) in [6.07, 6.45) is 3.11. The van der Waals surface area contributed by atoms with Gasteiger partial charge in [0.2, 0.25) is 0 Å². The second kappa shape index (κ2) is 7.60. The highest BCUT2D eigenvalue weighted by atomic mass is 35.5. The summed E-state index contributed by atoms with van der Waals surface area (Å²) < 4.78 is 13.8. The van der Waals surface area contributed by atoms with E-state index in [1.54, 1.807) is 59.1 Å². The second-order valence-electron chi connectivity index (χ2n) is 7.42. The fourth-order valence-corrected chi connectivity index (χ4v) is 2.79. The molecule has 0 amide bonds. The Morgan fingerprint density at radius 2 is 2.03 bits per heavy atom. The fraction of sp³-hybridized carbons (Fsp3) is 0.300. The van der Waals surface area contributed by atoms with Crippen LogP contribution in [0.2, 0.25) is 5.02 Å². The van der Waals surface area contributed by atoms with Gasteiger partial charge in [0.05, 0.1) is 22.4 Å². The first kappa shape index (κ1) is 20.4. The van der Waals surface area contributed by atoms with Gasteiger partial charge in [-0.05, 0) is 45.9 Å². The number of ether oxygens (including phenoxy) is 1. The van der Waals surface area contributed by atoms with E-state index in [1.807, 2.05) is 0 Å². The van der Waals surface area contributed by atoms with Crippen molar-refractivity contribution in [2.45, 2.75) is 27.7 Å². The van der Waals surface area contributed by atoms with Gasteiger partial charge in [-0.3, -0.25) is 9.48 Å². The van der Waals surface area contributed by atoms with Crippen LogP contribution >= 0.6 is 11.6 Å². The summed E-state index contributed by atoms with van der Waals surface area (Å²) >= 11 is 6.42. The monoisotopic (exact) mass is 413 g/mol. The Hall–Kier alpha value is -3.31. The summed E-state index contributed by atoms with van der Waals surface area (Å²) in [5.41, 5.74) is 0.577. The predicted molar refractivity (Wildman–Crippen MR) is 107 cm³/mol. The Bertz CT molecular complexity index is 1120. The molecule has 0 aliphatic carbocycles. The van der Waals surface area contributed by atoms with Gasteiger partial charge in [0.1, 0.15) is 17.5 Å². The van der Waals surface area contributed by atoms with E-state index in [9.17, 15) is 10.1 Å². The van der Waals surface area contributed by atoms with Crippen LogP contribution in [0.3, 0.4) is 0 Å². The lowest BCUT2D eigenvalue weighted by Gasteiger charge is -2.19. The van der Waals surface area contributed by atoms with Crippen LogP contribution in [0, 0.1) is 23.7 Å². The van der Waals surface area contributed by atoms with Crippen molar-refractivity contribution >= 4 is 29.0 Å². The highest BCUT2D eigenvalue weighted by molar-refractivity contribution is 6.33. The Morgan fingerprint density at radius 1 is 1.31 bits per heavy atom.